The number of methoxy groups -OCH3 is 1. The molecule has 1 rings (SSSR count). The summed E-state index contributed by atoms with van der Waals surface area (Å²) in [6, 6.07) is 0. The molecule has 4 nitrogen and oxygen atoms in total. The van der Waals surface area contributed by atoms with Gasteiger partial charge in [-0.1, -0.05) is 18.6 Å². The van der Waals surface area contributed by atoms with Crippen LogP contribution in [0.1, 0.15) is 20.3 Å². The van der Waals surface area contributed by atoms with E-state index >= 15 is 0 Å². The third kappa shape index (κ3) is 3.79. The summed E-state index contributed by atoms with van der Waals surface area (Å²) in [4.78, 5) is 0.750. The van der Waals surface area contributed by atoms with Gasteiger partial charge in [-0.3, -0.25) is 0 Å². The molecule has 1 aliphatic rings. The third-order valence-corrected chi connectivity index (χ3v) is 4.88. The van der Waals surface area contributed by atoms with Crippen molar-refractivity contribution in [2.24, 2.45) is 11.8 Å². The maximum atomic E-state index is 10.5. The predicted octanol–water partition coefficient (Wildman–Crippen LogP) is 1.75. The second-order valence-corrected chi connectivity index (χ2v) is 6.21. The average molecular weight is 301 g/mol. The Labute approximate surface area is 126 Å². The molecule has 0 amide bonds. The minimum atomic E-state index is -0.653. The number of likely N-dealkylation sites (N-methyl/N-ethyl adjacent to an activating group) is 1. The highest BCUT2D eigenvalue weighted by Gasteiger charge is 2.40. The van der Waals surface area contributed by atoms with E-state index in [4.69, 9.17) is 4.74 Å². The van der Waals surface area contributed by atoms with Crippen molar-refractivity contribution in [1.29, 1.82) is 0 Å². The fraction of sp³-hybridized carbons (Fsp3) is 0.733. The number of aliphatic hydroxyl groups is 2. The van der Waals surface area contributed by atoms with Crippen molar-refractivity contribution in [3.8, 4) is 0 Å². The van der Waals surface area contributed by atoms with Crippen LogP contribution in [-0.4, -0.2) is 49.4 Å². The molecule has 20 heavy (non-hydrogen) atoms. The average Bonchev–Trinajstić information content (AvgIpc) is 2.42. The van der Waals surface area contributed by atoms with E-state index in [2.05, 4.69) is 18.3 Å². The second kappa shape index (κ2) is 8.08. The van der Waals surface area contributed by atoms with Crippen LogP contribution in [0.2, 0.25) is 0 Å². The number of hydrogen-bond donors (Lipinski definition) is 3. The molecule has 1 aliphatic carbocycles. The van der Waals surface area contributed by atoms with Gasteiger partial charge in [0.25, 0.3) is 0 Å². The molecule has 5 heteroatoms. The summed E-state index contributed by atoms with van der Waals surface area (Å²) >= 11 is 1.45. The van der Waals surface area contributed by atoms with Crippen LogP contribution in [0.25, 0.3) is 0 Å². The molecule has 0 aromatic rings. The molecule has 0 aliphatic heterocycles. The molecule has 0 aromatic carbocycles. The van der Waals surface area contributed by atoms with Gasteiger partial charge in [0.05, 0.1) is 18.1 Å². The molecule has 0 spiro atoms. The fourth-order valence-corrected chi connectivity index (χ4v) is 3.58. The summed E-state index contributed by atoms with van der Waals surface area (Å²) in [6.45, 7) is 4.89. The third-order valence-electron chi connectivity index (χ3n) is 3.99. The zero-order valence-corrected chi connectivity index (χ0v) is 13.8. The number of hydrogen-bond acceptors (Lipinski definition) is 5. The monoisotopic (exact) mass is 301 g/mol. The Morgan fingerprint density at radius 3 is 2.55 bits per heavy atom. The molecular formula is C15H27NO3S. The minimum Gasteiger partial charge on any atom is -0.497 e. The van der Waals surface area contributed by atoms with Gasteiger partial charge >= 0.3 is 0 Å². The van der Waals surface area contributed by atoms with E-state index < -0.39 is 12.2 Å². The highest BCUT2D eigenvalue weighted by molar-refractivity contribution is 8.02. The summed E-state index contributed by atoms with van der Waals surface area (Å²) < 4.78 is 5.33. The number of thioether (sulfide) groups is 1. The smallest absolute Gasteiger partial charge is 0.136 e. The van der Waals surface area contributed by atoms with Gasteiger partial charge in [0.1, 0.15) is 11.9 Å². The molecule has 4 unspecified atom stereocenters. The zero-order chi connectivity index (χ0) is 15.3. The maximum Gasteiger partial charge on any atom is 0.136 e. The quantitative estimate of drug-likeness (QED) is 0.653. The highest BCUT2D eigenvalue weighted by Crippen LogP contribution is 2.40. The Bertz CT molecular complexity index is 381. The van der Waals surface area contributed by atoms with Crippen LogP contribution in [-0.2, 0) is 4.74 Å². The van der Waals surface area contributed by atoms with Crippen molar-refractivity contribution >= 4 is 11.8 Å². The van der Waals surface area contributed by atoms with E-state index in [1.165, 1.54) is 17.3 Å². The van der Waals surface area contributed by atoms with Crippen molar-refractivity contribution in [3.63, 3.8) is 0 Å². The molecule has 0 radical (unpaired) electrons. The van der Waals surface area contributed by atoms with Gasteiger partial charge in [0.2, 0.25) is 0 Å². The first-order valence-electron chi connectivity index (χ1n) is 6.96. The molecule has 0 heterocycles. The van der Waals surface area contributed by atoms with Gasteiger partial charge in [-0.15, -0.1) is 11.8 Å². The van der Waals surface area contributed by atoms with Gasteiger partial charge in [-0.2, -0.15) is 0 Å². The first-order chi connectivity index (χ1) is 9.47. The lowest BCUT2D eigenvalue weighted by Crippen LogP contribution is -2.41. The lowest BCUT2D eigenvalue weighted by atomic mass is 9.77. The number of allylic oxidation sites excluding steroid dienone is 1. The number of rotatable bonds is 6. The van der Waals surface area contributed by atoms with Crippen molar-refractivity contribution in [2.75, 3.05) is 27.0 Å². The largest absolute Gasteiger partial charge is 0.497 e. The van der Waals surface area contributed by atoms with Crippen LogP contribution < -0.4 is 5.32 Å². The van der Waals surface area contributed by atoms with Gasteiger partial charge in [0, 0.05) is 12.5 Å². The standard InChI is InChI=1S/C15H27NO3S/c1-9(8-16-3)6-7-11-10(2)12(17)15(20-5)14(19-4)13(11)18/h6,10-13,16-18H,7-8H2,1-5H3/b9-6+. The van der Waals surface area contributed by atoms with Gasteiger partial charge < -0.3 is 20.3 Å². The molecular weight excluding hydrogens is 274 g/mol. The van der Waals surface area contributed by atoms with E-state index in [0.29, 0.717) is 5.76 Å². The molecule has 3 N–H and O–H groups in total. The number of ether oxygens (including phenoxy) is 1. The summed E-state index contributed by atoms with van der Waals surface area (Å²) in [5, 5.41) is 24.0. The van der Waals surface area contributed by atoms with Crippen molar-refractivity contribution in [2.45, 2.75) is 32.5 Å². The maximum absolute atomic E-state index is 10.5. The first kappa shape index (κ1) is 17.6. The SMILES string of the molecule is CNC/C(C)=C/CC1C(O)C(OC)=C(SC)C(O)C1C. The zero-order valence-electron chi connectivity index (χ0n) is 13.0. The van der Waals surface area contributed by atoms with E-state index in [0.717, 1.165) is 17.9 Å². The normalized spacial score (nSPS) is 31.6. The van der Waals surface area contributed by atoms with Crippen LogP contribution in [0.4, 0.5) is 0 Å². The predicted molar refractivity (Wildman–Crippen MR) is 84.5 cm³/mol. The lowest BCUT2D eigenvalue weighted by Gasteiger charge is -2.38. The van der Waals surface area contributed by atoms with E-state index in [1.807, 2.05) is 20.2 Å². The van der Waals surface area contributed by atoms with Crippen LogP contribution in [0, 0.1) is 11.8 Å². The minimum absolute atomic E-state index is 0.00462. The van der Waals surface area contributed by atoms with Gasteiger partial charge in [-0.25, -0.2) is 0 Å². The van der Waals surface area contributed by atoms with Crippen LogP contribution in [0.3, 0.4) is 0 Å². The molecule has 0 saturated heterocycles. The van der Waals surface area contributed by atoms with Crippen LogP contribution in [0.15, 0.2) is 22.3 Å². The van der Waals surface area contributed by atoms with Crippen LogP contribution >= 0.6 is 11.8 Å². The van der Waals surface area contributed by atoms with Crippen molar-refractivity contribution in [3.05, 3.63) is 22.3 Å². The molecule has 0 saturated carbocycles. The highest BCUT2D eigenvalue weighted by atomic mass is 32.2. The second-order valence-electron chi connectivity index (χ2n) is 5.37. The molecule has 0 aromatic heterocycles. The van der Waals surface area contributed by atoms with Gasteiger partial charge in [0.15, 0.2) is 0 Å². The fourth-order valence-electron chi connectivity index (χ4n) is 2.72. The Hall–Kier alpha value is -0.490. The summed E-state index contributed by atoms with van der Waals surface area (Å²) in [5.74, 6) is 0.500. The summed E-state index contributed by atoms with van der Waals surface area (Å²) in [7, 11) is 3.46. The Morgan fingerprint density at radius 2 is 2.05 bits per heavy atom. The first-order valence-corrected chi connectivity index (χ1v) is 8.18. The lowest BCUT2D eigenvalue weighted by molar-refractivity contribution is -0.000548. The number of nitrogens with one attached hydrogen (secondary N) is 1. The van der Waals surface area contributed by atoms with Crippen molar-refractivity contribution in [1.82, 2.24) is 5.32 Å². The molecule has 0 fully saturated rings. The molecule has 4 atom stereocenters. The summed E-state index contributed by atoms with van der Waals surface area (Å²) in [6.07, 6.45) is 3.55. The number of aliphatic hydroxyl groups excluding tert-OH is 2. The molecule has 0 bridgehead atoms. The Morgan fingerprint density at radius 1 is 1.40 bits per heavy atom. The Balaban J connectivity index is 2.93. The topological polar surface area (TPSA) is 61.7 Å². The van der Waals surface area contributed by atoms with Gasteiger partial charge in [-0.05, 0) is 32.6 Å². The van der Waals surface area contributed by atoms with Crippen LogP contribution in [0.5, 0.6) is 0 Å². The molecule has 116 valence electrons. The van der Waals surface area contributed by atoms with Crippen molar-refractivity contribution < 1.29 is 14.9 Å². The van der Waals surface area contributed by atoms with E-state index in [1.54, 1.807) is 7.11 Å². The Kier molecular flexibility index (Phi) is 7.09. The van der Waals surface area contributed by atoms with E-state index in [9.17, 15) is 10.2 Å². The van der Waals surface area contributed by atoms with E-state index in [-0.39, 0.29) is 11.8 Å². The summed E-state index contributed by atoms with van der Waals surface area (Å²) in [5.41, 5.74) is 1.24.